The van der Waals surface area contributed by atoms with Crippen molar-refractivity contribution in [3.05, 3.63) is 60.1 Å². The van der Waals surface area contributed by atoms with Crippen molar-refractivity contribution in [3.63, 3.8) is 0 Å². The number of benzene rings is 1. The maximum absolute atomic E-state index is 13.5. The number of thiophene rings is 1. The van der Waals surface area contributed by atoms with Gasteiger partial charge in [0.1, 0.15) is 4.83 Å². The maximum atomic E-state index is 13.5. The molecular weight excluding hydrogens is 410 g/mol. The van der Waals surface area contributed by atoms with Crippen LogP contribution in [-0.2, 0) is 24.3 Å². The molecule has 29 heavy (non-hydrogen) atoms. The first kappa shape index (κ1) is 19.5. The van der Waals surface area contributed by atoms with Crippen LogP contribution < -0.4 is 11.2 Å². The number of terminal acetylenes is 1. The Labute approximate surface area is 175 Å². The second kappa shape index (κ2) is 7.21. The Hall–Kier alpha value is -2.82. The van der Waals surface area contributed by atoms with Crippen LogP contribution in [0.2, 0.25) is 5.02 Å². The van der Waals surface area contributed by atoms with Crippen molar-refractivity contribution in [1.82, 2.24) is 14.0 Å². The number of carbonyl (C=O) groups excluding carboxylic acids is 1. The molecule has 0 fully saturated rings. The van der Waals surface area contributed by atoms with Crippen molar-refractivity contribution in [3.8, 4) is 18.0 Å². The van der Waals surface area contributed by atoms with Crippen molar-refractivity contribution in [2.75, 3.05) is 6.54 Å². The van der Waals surface area contributed by atoms with Crippen LogP contribution >= 0.6 is 22.9 Å². The van der Waals surface area contributed by atoms with Crippen LogP contribution in [0.15, 0.2) is 27.8 Å². The number of aromatic nitrogens is 2. The minimum atomic E-state index is -0.493. The van der Waals surface area contributed by atoms with E-state index in [9.17, 15) is 14.4 Å². The van der Waals surface area contributed by atoms with Crippen molar-refractivity contribution < 1.29 is 4.79 Å². The molecule has 0 unspecified atom stereocenters. The fraction of sp³-hybridized carbons (Fsp3) is 0.286. The highest BCUT2D eigenvalue weighted by Gasteiger charge is 2.27. The van der Waals surface area contributed by atoms with Crippen molar-refractivity contribution in [2.24, 2.45) is 0 Å². The lowest BCUT2D eigenvalue weighted by Crippen LogP contribution is -2.39. The van der Waals surface area contributed by atoms with Gasteiger partial charge in [0.15, 0.2) is 0 Å². The molecule has 6 nitrogen and oxygen atoms in total. The van der Waals surface area contributed by atoms with E-state index in [1.165, 1.54) is 22.8 Å². The molecule has 0 aliphatic carbocycles. The standard InChI is InChI=1S/C21H18ClN3O3S/c1-4-9-24-20-18(14-8-10-23(13(3)26)11-17(14)29-20)19(27)25(21(24)28)16-7-5-6-15(22)12(16)2/h1,5-7H,8-11H2,2-3H3. The molecule has 2 aromatic heterocycles. The van der Waals surface area contributed by atoms with Gasteiger partial charge in [0.05, 0.1) is 24.2 Å². The number of halogens is 1. The van der Waals surface area contributed by atoms with E-state index in [2.05, 4.69) is 5.92 Å². The molecule has 0 radical (unpaired) electrons. The largest absolute Gasteiger partial charge is 0.337 e. The highest BCUT2D eigenvalue weighted by molar-refractivity contribution is 7.18. The van der Waals surface area contributed by atoms with Crippen LogP contribution in [0.4, 0.5) is 0 Å². The Kier molecular flexibility index (Phi) is 4.85. The molecule has 1 amide bonds. The lowest BCUT2D eigenvalue weighted by atomic mass is 10.1. The molecule has 1 aliphatic heterocycles. The Balaban J connectivity index is 2.09. The van der Waals surface area contributed by atoms with Crippen LogP contribution in [0.5, 0.6) is 0 Å². The quantitative estimate of drug-likeness (QED) is 0.591. The summed E-state index contributed by atoms with van der Waals surface area (Å²) in [6.07, 6.45) is 6.08. The van der Waals surface area contributed by atoms with Gasteiger partial charge in [-0.1, -0.05) is 23.6 Å². The summed E-state index contributed by atoms with van der Waals surface area (Å²) in [7, 11) is 0. The molecule has 0 saturated heterocycles. The molecular formula is C21H18ClN3O3S. The van der Waals surface area contributed by atoms with Gasteiger partial charge in [-0.15, -0.1) is 17.8 Å². The van der Waals surface area contributed by atoms with E-state index >= 15 is 0 Å². The third-order valence-corrected chi connectivity index (χ3v) is 6.95. The molecule has 0 spiro atoms. The number of amides is 1. The third kappa shape index (κ3) is 3.00. The fourth-order valence-corrected chi connectivity index (χ4v) is 5.27. The van der Waals surface area contributed by atoms with Crippen LogP contribution in [0.3, 0.4) is 0 Å². The minimum absolute atomic E-state index is 0.0129. The number of nitrogens with zero attached hydrogens (tertiary/aromatic N) is 3. The zero-order chi connectivity index (χ0) is 20.9. The molecule has 0 atom stereocenters. The van der Waals surface area contributed by atoms with E-state index < -0.39 is 5.69 Å². The molecule has 1 aromatic carbocycles. The zero-order valence-electron chi connectivity index (χ0n) is 16.0. The molecule has 1 aliphatic rings. The van der Waals surface area contributed by atoms with Crippen molar-refractivity contribution in [1.29, 1.82) is 0 Å². The summed E-state index contributed by atoms with van der Waals surface area (Å²) >= 11 is 7.60. The summed E-state index contributed by atoms with van der Waals surface area (Å²) in [6, 6.07) is 5.12. The number of hydrogen-bond donors (Lipinski definition) is 0. The summed E-state index contributed by atoms with van der Waals surface area (Å²) < 4.78 is 2.61. The molecule has 148 valence electrons. The second-order valence-corrected chi connectivity index (χ2v) is 8.46. The highest BCUT2D eigenvalue weighted by atomic mass is 35.5. The summed E-state index contributed by atoms with van der Waals surface area (Å²) in [4.78, 5) is 41.8. The maximum Gasteiger partial charge on any atom is 0.337 e. The average molecular weight is 428 g/mol. The van der Waals surface area contributed by atoms with Crippen LogP contribution in [-0.4, -0.2) is 26.5 Å². The zero-order valence-corrected chi connectivity index (χ0v) is 17.6. The van der Waals surface area contributed by atoms with E-state index in [0.717, 1.165) is 15.0 Å². The monoisotopic (exact) mass is 427 g/mol. The lowest BCUT2D eigenvalue weighted by molar-refractivity contribution is -0.129. The van der Waals surface area contributed by atoms with Gasteiger partial charge in [0, 0.05) is 23.4 Å². The van der Waals surface area contributed by atoms with Gasteiger partial charge in [-0.2, -0.15) is 0 Å². The number of fused-ring (bicyclic) bond motifs is 3. The van der Waals surface area contributed by atoms with Gasteiger partial charge in [-0.05, 0) is 36.6 Å². The van der Waals surface area contributed by atoms with Crippen LogP contribution in [0.25, 0.3) is 15.9 Å². The summed E-state index contributed by atoms with van der Waals surface area (Å²) in [5, 5.41) is 0.976. The summed E-state index contributed by atoms with van der Waals surface area (Å²) in [6.45, 7) is 4.32. The molecule has 8 heteroatoms. The summed E-state index contributed by atoms with van der Waals surface area (Å²) in [5.41, 5.74) is 1.12. The normalized spacial score (nSPS) is 13.4. The first-order chi connectivity index (χ1) is 13.8. The van der Waals surface area contributed by atoms with Gasteiger partial charge in [-0.25, -0.2) is 9.36 Å². The molecule has 0 N–H and O–H groups in total. The number of rotatable bonds is 2. The predicted molar refractivity (Wildman–Crippen MR) is 115 cm³/mol. The van der Waals surface area contributed by atoms with Gasteiger partial charge in [-0.3, -0.25) is 14.2 Å². The van der Waals surface area contributed by atoms with E-state index in [4.69, 9.17) is 18.0 Å². The predicted octanol–water partition coefficient (Wildman–Crippen LogP) is 2.71. The molecule has 4 rings (SSSR count). The minimum Gasteiger partial charge on any atom is -0.337 e. The van der Waals surface area contributed by atoms with E-state index in [1.54, 1.807) is 30.0 Å². The smallest absolute Gasteiger partial charge is 0.337 e. The topological polar surface area (TPSA) is 64.3 Å². The SMILES string of the molecule is C#CCn1c(=O)n(-c2cccc(Cl)c2C)c(=O)c2c3c(sc21)CN(C(C)=O)CC3. The first-order valence-corrected chi connectivity index (χ1v) is 10.3. The number of carbonyl (C=O) groups is 1. The van der Waals surface area contributed by atoms with Crippen LogP contribution in [0.1, 0.15) is 22.9 Å². The molecule has 3 heterocycles. The van der Waals surface area contributed by atoms with Crippen molar-refractivity contribution >= 4 is 39.1 Å². The highest BCUT2D eigenvalue weighted by Crippen LogP contribution is 2.33. The lowest BCUT2D eigenvalue weighted by Gasteiger charge is -2.25. The van der Waals surface area contributed by atoms with Crippen molar-refractivity contribution in [2.45, 2.75) is 33.4 Å². The Morgan fingerprint density at radius 3 is 2.79 bits per heavy atom. The van der Waals surface area contributed by atoms with E-state index in [1.807, 2.05) is 0 Å². The third-order valence-electron chi connectivity index (χ3n) is 5.30. The molecule has 3 aromatic rings. The fourth-order valence-electron chi connectivity index (χ4n) is 3.76. The average Bonchev–Trinajstić information content (AvgIpc) is 3.07. The van der Waals surface area contributed by atoms with Gasteiger partial charge in [0.25, 0.3) is 5.56 Å². The van der Waals surface area contributed by atoms with Crippen LogP contribution in [0, 0.1) is 19.3 Å². The van der Waals surface area contributed by atoms with Gasteiger partial charge < -0.3 is 4.90 Å². The van der Waals surface area contributed by atoms with Gasteiger partial charge >= 0.3 is 5.69 Å². The van der Waals surface area contributed by atoms with E-state index in [-0.39, 0.29) is 18.0 Å². The molecule has 0 saturated carbocycles. The number of hydrogen-bond acceptors (Lipinski definition) is 4. The van der Waals surface area contributed by atoms with Gasteiger partial charge in [0.2, 0.25) is 5.91 Å². The second-order valence-electron chi connectivity index (χ2n) is 6.97. The Morgan fingerprint density at radius 1 is 1.34 bits per heavy atom. The van der Waals surface area contributed by atoms with E-state index in [0.29, 0.717) is 46.0 Å². The summed E-state index contributed by atoms with van der Waals surface area (Å²) in [5.74, 6) is 2.50. The first-order valence-electron chi connectivity index (χ1n) is 9.09. The molecule has 0 bridgehead atoms. The Morgan fingerprint density at radius 2 is 2.10 bits per heavy atom. The Bertz CT molecular complexity index is 1330.